The number of para-hydroxylation sites is 1. The van der Waals surface area contributed by atoms with Crippen molar-refractivity contribution in [3.8, 4) is 0 Å². The lowest BCUT2D eigenvalue weighted by atomic mass is 10.0. The number of aromatic nitrogens is 1. The molecule has 0 fully saturated rings. The summed E-state index contributed by atoms with van der Waals surface area (Å²) in [6.07, 6.45) is 1.83. The minimum Gasteiger partial charge on any atom is -0.460 e. The third-order valence-corrected chi connectivity index (χ3v) is 3.72. The zero-order chi connectivity index (χ0) is 19.7. The molecular formula is C21H29NO4. The van der Waals surface area contributed by atoms with Crippen LogP contribution in [0.25, 0.3) is 10.9 Å². The zero-order valence-corrected chi connectivity index (χ0v) is 16.8. The van der Waals surface area contributed by atoms with E-state index in [9.17, 15) is 9.59 Å². The number of hydrogen-bond donors (Lipinski definition) is 0. The van der Waals surface area contributed by atoms with Crippen LogP contribution in [0.2, 0.25) is 0 Å². The third kappa shape index (κ3) is 5.10. The molecule has 0 amide bonds. The average molecular weight is 359 g/mol. The predicted octanol–water partition coefficient (Wildman–Crippen LogP) is 4.94. The van der Waals surface area contributed by atoms with E-state index in [0.29, 0.717) is 6.42 Å². The van der Waals surface area contributed by atoms with E-state index >= 15 is 0 Å². The molecule has 0 radical (unpaired) electrons. The lowest BCUT2D eigenvalue weighted by Gasteiger charge is -2.22. The molecule has 1 aromatic carbocycles. The molecule has 0 saturated carbocycles. The van der Waals surface area contributed by atoms with Gasteiger partial charge < -0.3 is 9.47 Å². The largest absolute Gasteiger partial charge is 0.460 e. The molecule has 0 bridgehead atoms. The van der Waals surface area contributed by atoms with Crippen molar-refractivity contribution in [3.05, 3.63) is 36.0 Å². The van der Waals surface area contributed by atoms with Crippen LogP contribution < -0.4 is 0 Å². The van der Waals surface area contributed by atoms with E-state index in [-0.39, 0.29) is 11.9 Å². The van der Waals surface area contributed by atoms with Gasteiger partial charge in [-0.3, -0.25) is 9.36 Å². The van der Waals surface area contributed by atoms with Crippen LogP contribution >= 0.6 is 0 Å². The number of carbonyl (C=O) groups excluding carboxylic acids is 2. The number of rotatable bonds is 3. The monoisotopic (exact) mass is 359 g/mol. The molecule has 2 rings (SSSR count). The SMILES string of the molecule is C[C@@H](Cc1cn(C(=O)OC(C)(C)C)c2ccccc12)C(=O)OC(C)(C)C. The number of esters is 1. The summed E-state index contributed by atoms with van der Waals surface area (Å²) < 4.78 is 12.5. The van der Waals surface area contributed by atoms with Crippen LogP contribution in [-0.4, -0.2) is 27.8 Å². The highest BCUT2D eigenvalue weighted by molar-refractivity contribution is 5.92. The Morgan fingerprint density at radius 3 is 2.15 bits per heavy atom. The Kier molecular flexibility index (Phi) is 5.49. The highest BCUT2D eigenvalue weighted by atomic mass is 16.6. The first kappa shape index (κ1) is 20.0. The Morgan fingerprint density at radius 2 is 1.58 bits per heavy atom. The van der Waals surface area contributed by atoms with Crippen molar-refractivity contribution < 1.29 is 19.1 Å². The minimum absolute atomic E-state index is 0.244. The van der Waals surface area contributed by atoms with Crippen molar-refractivity contribution in [2.24, 2.45) is 5.92 Å². The number of nitrogens with zero attached hydrogens (tertiary/aromatic N) is 1. The molecule has 0 aliphatic heterocycles. The summed E-state index contributed by atoms with van der Waals surface area (Å²) in [6.45, 7) is 12.9. The standard InChI is InChI=1S/C21H29NO4/c1-14(18(23)25-20(2,3)4)12-15-13-22(19(24)26-21(5,6)7)17-11-9-8-10-16(15)17/h8-11,13-14H,12H2,1-7H3/t14-/m0/s1. The smallest absolute Gasteiger partial charge is 0.419 e. The van der Waals surface area contributed by atoms with Crippen LogP contribution in [0.15, 0.2) is 30.5 Å². The lowest BCUT2D eigenvalue weighted by molar-refractivity contribution is -0.159. The van der Waals surface area contributed by atoms with E-state index in [1.165, 1.54) is 4.57 Å². The number of fused-ring (bicyclic) bond motifs is 1. The highest BCUT2D eigenvalue weighted by Crippen LogP contribution is 2.26. The molecule has 0 aliphatic rings. The Morgan fingerprint density at radius 1 is 1.00 bits per heavy atom. The molecule has 0 spiro atoms. The van der Waals surface area contributed by atoms with E-state index in [1.54, 1.807) is 6.20 Å². The molecule has 0 N–H and O–H groups in total. The number of ether oxygens (including phenoxy) is 2. The summed E-state index contributed by atoms with van der Waals surface area (Å²) in [4.78, 5) is 24.9. The Hall–Kier alpha value is -2.30. The molecule has 26 heavy (non-hydrogen) atoms. The van der Waals surface area contributed by atoms with E-state index < -0.39 is 17.3 Å². The molecule has 5 nitrogen and oxygen atoms in total. The summed E-state index contributed by atoms with van der Waals surface area (Å²) >= 11 is 0. The Labute approximate surface area is 155 Å². The minimum atomic E-state index is -0.577. The Balaban J connectivity index is 2.31. The molecule has 0 saturated heterocycles. The fourth-order valence-electron chi connectivity index (χ4n) is 2.69. The first-order valence-electron chi connectivity index (χ1n) is 8.92. The summed E-state index contributed by atoms with van der Waals surface area (Å²) in [5.41, 5.74) is 0.598. The van der Waals surface area contributed by atoms with Crippen molar-refractivity contribution in [1.82, 2.24) is 4.57 Å². The summed E-state index contributed by atoms with van der Waals surface area (Å²) in [7, 11) is 0. The summed E-state index contributed by atoms with van der Waals surface area (Å²) in [5, 5.41) is 0.939. The first-order chi connectivity index (χ1) is 11.9. The second-order valence-corrected chi connectivity index (χ2v) is 8.66. The van der Waals surface area contributed by atoms with Crippen molar-refractivity contribution in [2.45, 2.75) is 66.1 Å². The van der Waals surface area contributed by atoms with Gasteiger partial charge in [-0.15, -0.1) is 0 Å². The van der Waals surface area contributed by atoms with Crippen LogP contribution in [0.5, 0.6) is 0 Å². The molecular weight excluding hydrogens is 330 g/mol. The van der Waals surface area contributed by atoms with Crippen LogP contribution in [0.4, 0.5) is 4.79 Å². The zero-order valence-electron chi connectivity index (χ0n) is 16.8. The van der Waals surface area contributed by atoms with Crippen LogP contribution in [0.3, 0.4) is 0 Å². The molecule has 5 heteroatoms. The van der Waals surface area contributed by atoms with Gasteiger partial charge in [0.15, 0.2) is 0 Å². The molecule has 0 unspecified atom stereocenters. The van der Waals surface area contributed by atoms with Crippen LogP contribution in [-0.2, 0) is 20.7 Å². The van der Waals surface area contributed by atoms with E-state index in [0.717, 1.165) is 16.5 Å². The van der Waals surface area contributed by atoms with Gasteiger partial charge in [-0.1, -0.05) is 25.1 Å². The van der Waals surface area contributed by atoms with Crippen molar-refractivity contribution in [1.29, 1.82) is 0 Å². The molecule has 0 aliphatic carbocycles. The second-order valence-electron chi connectivity index (χ2n) is 8.66. The van der Waals surface area contributed by atoms with Gasteiger partial charge in [-0.05, 0) is 59.6 Å². The topological polar surface area (TPSA) is 57.5 Å². The Bertz CT molecular complexity index is 806. The van der Waals surface area contributed by atoms with Crippen molar-refractivity contribution in [3.63, 3.8) is 0 Å². The fourth-order valence-corrected chi connectivity index (χ4v) is 2.69. The number of hydrogen-bond acceptors (Lipinski definition) is 4. The van der Waals surface area contributed by atoms with Crippen LogP contribution in [0.1, 0.15) is 54.0 Å². The second kappa shape index (κ2) is 7.14. The van der Waals surface area contributed by atoms with Crippen LogP contribution in [0, 0.1) is 5.92 Å². The van der Waals surface area contributed by atoms with Gasteiger partial charge in [0.1, 0.15) is 11.2 Å². The third-order valence-electron chi connectivity index (χ3n) is 3.72. The molecule has 1 aromatic heterocycles. The molecule has 1 atom stereocenters. The highest BCUT2D eigenvalue weighted by Gasteiger charge is 2.25. The van der Waals surface area contributed by atoms with Gasteiger partial charge in [0.25, 0.3) is 0 Å². The predicted molar refractivity (Wildman–Crippen MR) is 102 cm³/mol. The summed E-state index contributed by atoms with van der Waals surface area (Å²) in [5.74, 6) is -0.557. The van der Waals surface area contributed by atoms with Gasteiger partial charge in [-0.25, -0.2) is 4.79 Å². The lowest BCUT2D eigenvalue weighted by Crippen LogP contribution is -2.28. The van der Waals surface area contributed by atoms with E-state index in [4.69, 9.17) is 9.47 Å². The quantitative estimate of drug-likeness (QED) is 0.728. The normalized spacial score (nSPS) is 13.5. The van der Waals surface area contributed by atoms with Gasteiger partial charge in [-0.2, -0.15) is 0 Å². The average Bonchev–Trinajstić information content (AvgIpc) is 2.83. The van der Waals surface area contributed by atoms with Crippen molar-refractivity contribution >= 4 is 23.0 Å². The fraction of sp³-hybridized carbons (Fsp3) is 0.524. The number of carbonyl (C=O) groups is 2. The maximum atomic E-state index is 12.5. The number of benzene rings is 1. The van der Waals surface area contributed by atoms with Gasteiger partial charge in [0, 0.05) is 11.6 Å². The van der Waals surface area contributed by atoms with E-state index in [2.05, 4.69) is 0 Å². The molecule has 1 heterocycles. The van der Waals surface area contributed by atoms with Gasteiger partial charge in [0.05, 0.1) is 11.4 Å². The van der Waals surface area contributed by atoms with Gasteiger partial charge >= 0.3 is 12.1 Å². The first-order valence-corrected chi connectivity index (χ1v) is 8.92. The van der Waals surface area contributed by atoms with Gasteiger partial charge in [0.2, 0.25) is 0 Å². The maximum absolute atomic E-state index is 12.5. The molecule has 2 aromatic rings. The molecule has 142 valence electrons. The summed E-state index contributed by atoms with van der Waals surface area (Å²) in [6, 6.07) is 7.63. The van der Waals surface area contributed by atoms with E-state index in [1.807, 2.05) is 72.7 Å². The van der Waals surface area contributed by atoms with Crippen molar-refractivity contribution in [2.75, 3.05) is 0 Å². The maximum Gasteiger partial charge on any atom is 0.419 e.